The van der Waals surface area contributed by atoms with E-state index in [2.05, 4.69) is 5.32 Å². The summed E-state index contributed by atoms with van der Waals surface area (Å²) < 4.78 is 32.1. The zero-order valence-electron chi connectivity index (χ0n) is 15.1. The van der Waals surface area contributed by atoms with Gasteiger partial charge in [0.1, 0.15) is 17.2 Å². The Labute approximate surface area is 147 Å². The van der Waals surface area contributed by atoms with Gasteiger partial charge in [-0.05, 0) is 64.0 Å². The summed E-state index contributed by atoms with van der Waals surface area (Å²) in [5, 5.41) is 3.16. The first-order chi connectivity index (χ1) is 11.7. The maximum atomic E-state index is 13.7. The van der Waals surface area contributed by atoms with Crippen molar-refractivity contribution in [2.45, 2.75) is 58.1 Å². The van der Waals surface area contributed by atoms with Crippen molar-refractivity contribution in [1.82, 2.24) is 4.90 Å². The van der Waals surface area contributed by atoms with E-state index < -0.39 is 17.2 Å². The van der Waals surface area contributed by atoms with Crippen molar-refractivity contribution in [3.8, 4) is 0 Å². The van der Waals surface area contributed by atoms with E-state index in [4.69, 9.17) is 4.74 Å². The van der Waals surface area contributed by atoms with E-state index in [9.17, 15) is 13.6 Å². The fraction of sp³-hybridized carbons (Fsp3) is 0.632. The standard InChI is InChI=1S/C19H26F2N2O2/c1-18(2,3)25-17(24)23-8-6-19(7-9-23)11-14(12-19)22-16-5-4-13(20)10-15(16)21/h4-5,10,14,22H,6-9,11-12H2,1-3H3. The number of rotatable bonds is 2. The Kier molecular flexibility index (Phi) is 4.64. The third kappa shape index (κ3) is 4.22. The summed E-state index contributed by atoms with van der Waals surface area (Å²) in [6.45, 7) is 7.01. The maximum Gasteiger partial charge on any atom is 0.410 e. The molecule has 1 aliphatic carbocycles. The minimum atomic E-state index is -0.567. The zero-order chi connectivity index (χ0) is 18.2. The number of benzene rings is 1. The molecular formula is C19H26F2N2O2. The molecule has 1 aromatic carbocycles. The molecule has 138 valence electrons. The molecule has 0 radical (unpaired) electrons. The van der Waals surface area contributed by atoms with E-state index >= 15 is 0 Å². The third-order valence-corrected chi connectivity index (χ3v) is 5.13. The predicted octanol–water partition coefficient (Wildman–Crippen LogP) is 4.56. The van der Waals surface area contributed by atoms with Crippen LogP contribution in [0.5, 0.6) is 0 Å². The molecule has 4 nitrogen and oxygen atoms in total. The number of ether oxygens (including phenoxy) is 1. The summed E-state index contributed by atoms with van der Waals surface area (Å²) in [6.07, 6.45) is 3.54. The first-order valence-corrected chi connectivity index (χ1v) is 8.85. The largest absolute Gasteiger partial charge is 0.444 e. The monoisotopic (exact) mass is 352 g/mol. The second kappa shape index (κ2) is 6.46. The number of nitrogens with zero attached hydrogens (tertiary/aromatic N) is 1. The van der Waals surface area contributed by atoms with Crippen molar-refractivity contribution >= 4 is 11.8 Å². The van der Waals surface area contributed by atoms with Crippen molar-refractivity contribution in [3.63, 3.8) is 0 Å². The molecule has 1 heterocycles. The molecule has 1 aliphatic heterocycles. The highest BCUT2D eigenvalue weighted by Crippen LogP contribution is 2.50. The molecule has 0 aromatic heterocycles. The van der Waals surface area contributed by atoms with E-state index in [-0.39, 0.29) is 17.6 Å². The molecule has 25 heavy (non-hydrogen) atoms. The van der Waals surface area contributed by atoms with E-state index in [0.29, 0.717) is 18.8 Å². The van der Waals surface area contributed by atoms with Gasteiger partial charge in [0.05, 0.1) is 5.69 Å². The lowest BCUT2D eigenvalue weighted by molar-refractivity contribution is -0.00863. The summed E-state index contributed by atoms with van der Waals surface area (Å²) in [5.74, 6) is -1.12. The summed E-state index contributed by atoms with van der Waals surface area (Å²) in [6, 6.07) is 3.81. The Balaban J connectivity index is 1.47. The predicted molar refractivity (Wildman–Crippen MR) is 92.5 cm³/mol. The van der Waals surface area contributed by atoms with Gasteiger partial charge in [-0.15, -0.1) is 0 Å². The molecule has 2 aliphatic rings. The van der Waals surface area contributed by atoms with E-state index in [1.54, 1.807) is 4.90 Å². The van der Waals surface area contributed by atoms with Gasteiger partial charge in [0.2, 0.25) is 0 Å². The quantitative estimate of drug-likeness (QED) is 0.848. The Morgan fingerprint density at radius 3 is 2.44 bits per heavy atom. The van der Waals surface area contributed by atoms with E-state index in [0.717, 1.165) is 31.7 Å². The van der Waals surface area contributed by atoms with Gasteiger partial charge in [-0.2, -0.15) is 0 Å². The van der Waals surface area contributed by atoms with Crippen LogP contribution in [0.4, 0.5) is 19.3 Å². The minimum Gasteiger partial charge on any atom is -0.444 e. The molecule has 1 saturated heterocycles. The van der Waals surface area contributed by atoms with Crippen LogP contribution in [0.25, 0.3) is 0 Å². The SMILES string of the molecule is CC(C)(C)OC(=O)N1CCC2(CC1)CC(Nc1ccc(F)cc1F)C2. The molecular weight excluding hydrogens is 326 g/mol. The van der Waals surface area contributed by atoms with E-state index in [1.165, 1.54) is 12.1 Å². The first kappa shape index (κ1) is 18.0. The van der Waals surface area contributed by atoms with Crippen molar-refractivity contribution in [2.24, 2.45) is 5.41 Å². The van der Waals surface area contributed by atoms with Gasteiger partial charge in [-0.25, -0.2) is 13.6 Å². The van der Waals surface area contributed by atoms with Crippen LogP contribution in [0.15, 0.2) is 18.2 Å². The van der Waals surface area contributed by atoms with Crippen molar-refractivity contribution in [2.75, 3.05) is 18.4 Å². The summed E-state index contributed by atoms with van der Waals surface area (Å²) in [4.78, 5) is 13.9. The second-order valence-electron chi connectivity index (χ2n) is 8.34. The molecule has 1 aromatic rings. The Morgan fingerprint density at radius 1 is 1.24 bits per heavy atom. The number of anilines is 1. The van der Waals surface area contributed by atoms with Crippen LogP contribution >= 0.6 is 0 Å². The molecule has 2 fully saturated rings. The lowest BCUT2D eigenvalue weighted by Crippen LogP contribution is -2.53. The number of hydrogen-bond donors (Lipinski definition) is 1. The number of nitrogens with one attached hydrogen (secondary N) is 1. The van der Waals surface area contributed by atoms with Gasteiger partial charge < -0.3 is 15.0 Å². The lowest BCUT2D eigenvalue weighted by Gasteiger charge is -2.52. The fourth-order valence-electron chi connectivity index (χ4n) is 3.81. The zero-order valence-corrected chi connectivity index (χ0v) is 15.1. The Bertz CT molecular complexity index is 641. The van der Waals surface area contributed by atoms with Gasteiger partial charge in [0.15, 0.2) is 0 Å². The molecule has 0 bridgehead atoms. The van der Waals surface area contributed by atoms with Crippen molar-refractivity contribution < 1.29 is 18.3 Å². The highest BCUT2D eigenvalue weighted by atomic mass is 19.1. The number of halogens is 2. The molecule has 1 amide bonds. The topological polar surface area (TPSA) is 41.6 Å². The van der Waals surface area contributed by atoms with Crippen LogP contribution in [0.3, 0.4) is 0 Å². The van der Waals surface area contributed by atoms with E-state index in [1.807, 2.05) is 20.8 Å². The summed E-state index contributed by atoms with van der Waals surface area (Å²) >= 11 is 0. The van der Waals surface area contributed by atoms with Crippen molar-refractivity contribution in [1.29, 1.82) is 0 Å². The molecule has 0 atom stereocenters. The average molecular weight is 352 g/mol. The highest BCUT2D eigenvalue weighted by Gasteiger charge is 2.46. The second-order valence-corrected chi connectivity index (χ2v) is 8.34. The first-order valence-electron chi connectivity index (χ1n) is 8.85. The number of amides is 1. The molecule has 1 N–H and O–H groups in total. The Hall–Kier alpha value is -1.85. The number of piperidine rings is 1. The summed E-state index contributed by atoms with van der Waals surface area (Å²) in [5.41, 5.74) is 0.108. The van der Waals surface area contributed by atoms with Gasteiger partial charge in [-0.3, -0.25) is 0 Å². The van der Waals surface area contributed by atoms with Gasteiger partial charge in [0.25, 0.3) is 0 Å². The van der Waals surface area contributed by atoms with Crippen LogP contribution in [0.1, 0.15) is 46.5 Å². The number of carbonyl (C=O) groups is 1. The van der Waals surface area contributed by atoms with Crippen LogP contribution in [-0.4, -0.2) is 35.7 Å². The van der Waals surface area contributed by atoms with Crippen LogP contribution < -0.4 is 5.32 Å². The smallest absolute Gasteiger partial charge is 0.410 e. The van der Waals surface area contributed by atoms with Crippen LogP contribution in [0.2, 0.25) is 0 Å². The Morgan fingerprint density at radius 2 is 1.88 bits per heavy atom. The highest BCUT2D eigenvalue weighted by molar-refractivity contribution is 5.68. The average Bonchev–Trinajstić information content (AvgIpc) is 2.47. The number of hydrogen-bond acceptors (Lipinski definition) is 3. The van der Waals surface area contributed by atoms with Gasteiger partial charge >= 0.3 is 6.09 Å². The number of likely N-dealkylation sites (tertiary alicyclic amines) is 1. The minimum absolute atomic E-state index is 0.202. The van der Waals surface area contributed by atoms with Gasteiger partial charge in [0, 0.05) is 25.2 Å². The lowest BCUT2D eigenvalue weighted by atomic mass is 9.60. The molecule has 1 saturated carbocycles. The van der Waals surface area contributed by atoms with Crippen LogP contribution in [-0.2, 0) is 4.74 Å². The molecule has 0 unspecified atom stereocenters. The van der Waals surface area contributed by atoms with Crippen molar-refractivity contribution in [3.05, 3.63) is 29.8 Å². The van der Waals surface area contributed by atoms with Gasteiger partial charge in [-0.1, -0.05) is 0 Å². The fourth-order valence-corrected chi connectivity index (χ4v) is 3.81. The molecule has 3 rings (SSSR count). The summed E-state index contributed by atoms with van der Waals surface area (Å²) in [7, 11) is 0. The number of carbonyl (C=O) groups excluding carboxylic acids is 1. The third-order valence-electron chi connectivity index (χ3n) is 5.13. The van der Waals surface area contributed by atoms with Crippen LogP contribution in [0, 0.1) is 17.0 Å². The normalized spacial score (nSPS) is 20.3. The molecule has 1 spiro atoms. The maximum absolute atomic E-state index is 13.7. The molecule has 6 heteroatoms.